The highest BCUT2D eigenvalue weighted by Gasteiger charge is 2.37. The molecule has 144 valence electrons. The highest BCUT2D eigenvalue weighted by molar-refractivity contribution is 6.43. The molecule has 0 spiro atoms. The van der Waals surface area contributed by atoms with Crippen LogP contribution in [-0.2, 0) is 14.3 Å². The Kier molecular flexibility index (Phi) is 6.75. The molecule has 0 aliphatic carbocycles. The zero-order valence-corrected chi connectivity index (χ0v) is 15.6. The van der Waals surface area contributed by atoms with Gasteiger partial charge in [-0.1, -0.05) is 30.1 Å². The monoisotopic (exact) mass is 415 g/mol. The fraction of sp³-hybridized carbons (Fsp3) is 0.312. The summed E-state index contributed by atoms with van der Waals surface area (Å²) in [6.45, 7) is 0.785. The lowest BCUT2D eigenvalue weighted by Gasteiger charge is -2.13. The first-order chi connectivity index (χ1) is 12.7. The molecule has 0 radical (unpaired) electrons. The van der Waals surface area contributed by atoms with Crippen LogP contribution in [0.2, 0.25) is 10.0 Å². The van der Waals surface area contributed by atoms with Crippen LogP contribution in [0.3, 0.4) is 0 Å². The van der Waals surface area contributed by atoms with Crippen molar-refractivity contribution in [2.75, 3.05) is 19.7 Å². The van der Waals surface area contributed by atoms with Crippen molar-refractivity contribution < 1.29 is 28.7 Å². The molecule has 1 aliphatic rings. The molecular formula is C16H15Cl2N3O6. The molecule has 0 fully saturated rings. The van der Waals surface area contributed by atoms with E-state index in [0.717, 1.165) is 0 Å². The van der Waals surface area contributed by atoms with Crippen LogP contribution in [0.15, 0.2) is 12.1 Å². The van der Waals surface area contributed by atoms with Crippen LogP contribution < -0.4 is 10.6 Å². The fourth-order valence-electron chi connectivity index (χ4n) is 2.19. The minimum atomic E-state index is -0.995. The quantitative estimate of drug-likeness (QED) is 0.534. The van der Waals surface area contributed by atoms with Gasteiger partial charge in [0.1, 0.15) is 6.54 Å². The predicted molar refractivity (Wildman–Crippen MR) is 94.6 cm³/mol. The van der Waals surface area contributed by atoms with Gasteiger partial charge in [-0.25, -0.2) is 4.79 Å². The molecule has 1 aliphatic heterocycles. The Morgan fingerprint density at radius 2 is 1.63 bits per heavy atom. The minimum absolute atomic E-state index is 0.0209. The smallest absolute Gasteiger partial charge is 0.326 e. The zero-order valence-electron chi connectivity index (χ0n) is 14.1. The average Bonchev–Trinajstić information content (AvgIpc) is 2.83. The van der Waals surface area contributed by atoms with Gasteiger partial charge in [-0.3, -0.25) is 29.4 Å². The summed E-state index contributed by atoms with van der Waals surface area (Å²) in [7, 11) is 0. The summed E-state index contributed by atoms with van der Waals surface area (Å²) >= 11 is 11.7. The number of rotatable bonds is 6. The standard InChI is InChI=1S/C16H15Cl2N3O6/c1-2-3-19-16(26)20-12(22)7-27-13(23)6-21-14(24)8-4-10(17)11(18)5-9(8)15(21)25/h4-5H,2-3,6-7H2,1H3,(H2,19,20,22,26). The van der Waals surface area contributed by atoms with E-state index in [2.05, 4.69) is 10.1 Å². The van der Waals surface area contributed by atoms with Gasteiger partial charge in [-0.05, 0) is 18.6 Å². The highest BCUT2D eigenvalue weighted by Crippen LogP contribution is 2.31. The molecule has 27 heavy (non-hydrogen) atoms. The van der Waals surface area contributed by atoms with Crippen LogP contribution >= 0.6 is 23.2 Å². The van der Waals surface area contributed by atoms with Gasteiger partial charge in [-0.2, -0.15) is 0 Å². The summed E-state index contributed by atoms with van der Waals surface area (Å²) < 4.78 is 4.68. The number of imide groups is 2. The molecule has 0 saturated carbocycles. The van der Waals surface area contributed by atoms with Crippen LogP contribution in [-0.4, -0.2) is 54.3 Å². The predicted octanol–water partition coefficient (Wildman–Crippen LogP) is 1.37. The first kappa shape index (κ1) is 20.7. The summed E-state index contributed by atoms with van der Waals surface area (Å²) in [4.78, 5) is 59.8. The van der Waals surface area contributed by atoms with Gasteiger partial charge >= 0.3 is 12.0 Å². The van der Waals surface area contributed by atoms with E-state index < -0.39 is 42.9 Å². The lowest BCUT2D eigenvalue weighted by Crippen LogP contribution is -2.42. The second kappa shape index (κ2) is 8.83. The number of ether oxygens (including phenoxy) is 1. The van der Waals surface area contributed by atoms with Crippen LogP contribution in [0.1, 0.15) is 34.1 Å². The number of esters is 1. The number of nitrogens with one attached hydrogen (secondary N) is 2. The van der Waals surface area contributed by atoms with E-state index in [1.165, 1.54) is 12.1 Å². The van der Waals surface area contributed by atoms with E-state index in [9.17, 15) is 24.0 Å². The molecule has 0 unspecified atom stereocenters. The van der Waals surface area contributed by atoms with Crippen molar-refractivity contribution >= 4 is 52.9 Å². The Bertz CT molecular complexity index is 786. The Balaban J connectivity index is 1.89. The zero-order chi connectivity index (χ0) is 20.1. The molecule has 0 saturated heterocycles. The Labute approximate surface area is 163 Å². The van der Waals surface area contributed by atoms with Gasteiger partial charge in [0.2, 0.25) is 0 Å². The number of carbonyl (C=O) groups is 5. The topological polar surface area (TPSA) is 122 Å². The maximum Gasteiger partial charge on any atom is 0.326 e. The van der Waals surface area contributed by atoms with Gasteiger partial charge in [0, 0.05) is 6.54 Å². The van der Waals surface area contributed by atoms with Crippen molar-refractivity contribution in [1.82, 2.24) is 15.5 Å². The highest BCUT2D eigenvalue weighted by atomic mass is 35.5. The van der Waals surface area contributed by atoms with Crippen molar-refractivity contribution in [2.45, 2.75) is 13.3 Å². The van der Waals surface area contributed by atoms with Gasteiger partial charge in [0.05, 0.1) is 21.2 Å². The van der Waals surface area contributed by atoms with Crippen molar-refractivity contribution in [3.63, 3.8) is 0 Å². The average molecular weight is 416 g/mol. The number of amides is 5. The maximum absolute atomic E-state index is 12.3. The van der Waals surface area contributed by atoms with Gasteiger partial charge in [0.15, 0.2) is 6.61 Å². The van der Waals surface area contributed by atoms with Crippen molar-refractivity contribution in [1.29, 1.82) is 0 Å². The van der Waals surface area contributed by atoms with Crippen molar-refractivity contribution in [3.05, 3.63) is 33.3 Å². The molecule has 0 aromatic heterocycles. The van der Waals surface area contributed by atoms with Crippen LogP contribution in [0.4, 0.5) is 4.79 Å². The van der Waals surface area contributed by atoms with Crippen LogP contribution in [0, 0.1) is 0 Å². The van der Waals surface area contributed by atoms with E-state index in [-0.39, 0.29) is 21.2 Å². The van der Waals surface area contributed by atoms with Crippen LogP contribution in [0.5, 0.6) is 0 Å². The summed E-state index contributed by atoms with van der Waals surface area (Å²) in [5.74, 6) is -3.30. The van der Waals surface area contributed by atoms with Gasteiger partial charge in [-0.15, -0.1) is 0 Å². The first-order valence-electron chi connectivity index (χ1n) is 7.83. The van der Waals surface area contributed by atoms with E-state index in [1.807, 2.05) is 12.2 Å². The van der Waals surface area contributed by atoms with Crippen LogP contribution in [0.25, 0.3) is 0 Å². The molecule has 5 amide bonds. The molecule has 0 atom stereocenters. The van der Waals surface area contributed by atoms with E-state index in [4.69, 9.17) is 23.2 Å². The third-order valence-electron chi connectivity index (χ3n) is 3.45. The Morgan fingerprint density at radius 1 is 1.07 bits per heavy atom. The lowest BCUT2D eigenvalue weighted by atomic mass is 10.1. The molecule has 11 heteroatoms. The first-order valence-corrected chi connectivity index (χ1v) is 8.58. The molecule has 1 heterocycles. The number of benzene rings is 1. The third kappa shape index (κ3) is 4.95. The maximum atomic E-state index is 12.3. The summed E-state index contributed by atoms with van der Waals surface area (Å²) in [5, 5.41) is 4.57. The number of carbonyl (C=O) groups excluding carboxylic acids is 5. The number of urea groups is 1. The Morgan fingerprint density at radius 3 is 2.15 bits per heavy atom. The SMILES string of the molecule is CCCNC(=O)NC(=O)COC(=O)CN1C(=O)c2cc(Cl)c(Cl)cc2C1=O. The third-order valence-corrected chi connectivity index (χ3v) is 4.17. The largest absolute Gasteiger partial charge is 0.454 e. The summed E-state index contributed by atoms with van der Waals surface area (Å²) in [6, 6.07) is 1.77. The fourth-order valence-corrected chi connectivity index (χ4v) is 2.52. The molecule has 0 bridgehead atoms. The Hall–Kier alpha value is -2.65. The van der Waals surface area contributed by atoms with Crippen molar-refractivity contribution in [2.24, 2.45) is 0 Å². The second-order valence-electron chi connectivity index (χ2n) is 5.47. The van der Waals surface area contributed by atoms with E-state index in [0.29, 0.717) is 17.9 Å². The number of nitrogens with zero attached hydrogens (tertiary/aromatic N) is 1. The van der Waals surface area contributed by atoms with Gasteiger partial charge in [0.25, 0.3) is 17.7 Å². The molecular weight excluding hydrogens is 401 g/mol. The molecule has 1 aromatic carbocycles. The number of fused-ring (bicyclic) bond motifs is 1. The molecule has 2 rings (SSSR count). The van der Waals surface area contributed by atoms with E-state index in [1.54, 1.807) is 0 Å². The molecule has 1 aromatic rings. The second-order valence-corrected chi connectivity index (χ2v) is 6.29. The summed E-state index contributed by atoms with van der Waals surface area (Å²) in [6.07, 6.45) is 0.688. The number of hydrogen-bond donors (Lipinski definition) is 2. The normalized spacial score (nSPS) is 12.6. The van der Waals surface area contributed by atoms with Crippen molar-refractivity contribution in [3.8, 4) is 0 Å². The summed E-state index contributed by atoms with van der Waals surface area (Å²) in [5.41, 5.74) is 0.0417. The lowest BCUT2D eigenvalue weighted by molar-refractivity contribution is -0.148. The number of halogens is 2. The minimum Gasteiger partial charge on any atom is -0.454 e. The number of hydrogen-bond acceptors (Lipinski definition) is 6. The van der Waals surface area contributed by atoms with E-state index >= 15 is 0 Å². The van der Waals surface area contributed by atoms with Gasteiger partial charge < -0.3 is 10.1 Å². The molecule has 9 nitrogen and oxygen atoms in total. The molecule has 2 N–H and O–H groups in total.